The molecule has 5 nitrogen and oxygen atoms in total. The molecule has 0 aliphatic carbocycles. The van der Waals surface area contributed by atoms with Gasteiger partial charge in [-0.15, -0.1) is 0 Å². The fourth-order valence-corrected chi connectivity index (χ4v) is 3.58. The highest BCUT2D eigenvalue weighted by molar-refractivity contribution is 6.34. The van der Waals surface area contributed by atoms with E-state index in [9.17, 15) is 4.39 Å². The molecule has 4 rings (SSSR count). The van der Waals surface area contributed by atoms with Crippen LogP contribution in [0.2, 0.25) is 5.02 Å². The third-order valence-electron chi connectivity index (χ3n) is 4.86. The summed E-state index contributed by atoms with van der Waals surface area (Å²) in [5.74, 6) is -0.761. The van der Waals surface area contributed by atoms with E-state index in [0.717, 1.165) is 5.69 Å². The van der Waals surface area contributed by atoms with Crippen LogP contribution in [0.25, 0.3) is 22.0 Å². The Hall–Kier alpha value is -3.67. The van der Waals surface area contributed by atoms with Gasteiger partial charge in [-0.05, 0) is 24.3 Å². The monoisotopic (exact) mass is 449 g/mol. The van der Waals surface area contributed by atoms with Crippen molar-refractivity contribution in [2.75, 3.05) is 25.0 Å². The van der Waals surface area contributed by atoms with Crippen molar-refractivity contribution < 1.29 is 8.78 Å². The van der Waals surface area contributed by atoms with Gasteiger partial charge in [-0.1, -0.05) is 48.0 Å². The minimum absolute atomic E-state index is 0.0220. The Labute approximate surface area is 188 Å². The Kier molecular flexibility index (Phi) is 6.50. The van der Waals surface area contributed by atoms with Gasteiger partial charge in [0.05, 0.1) is 23.3 Å². The van der Waals surface area contributed by atoms with Crippen LogP contribution in [-0.4, -0.2) is 36.1 Å². The second kappa shape index (κ2) is 9.64. The number of aliphatic imine (C=N–C) groups is 2. The molecule has 160 valence electrons. The molecular weight excluding hydrogens is 432 g/mol. The van der Waals surface area contributed by atoms with Crippen molar-refractivity contribution >= 4 is 40.0 Å². The van der Waals surface area contributed by atoms with E-state index in [4.69, 9.17) is 11.6 Å². The summed E-state index contributed by atoms with van der Waals surface area (Å²) in [4.78, 5) is 18.5. The van der Waals surface area contributed by atoms with Crippen molar-refractivity contribution in [1.29, 1.82) is 0 Å². The highest BCUT2D eigenvalue weighted by Gasteiger charge is 2.20. The van der Waals surface area contributed by atoms with Crippen molar-refractivity contribution in [3.63, 3.8) is 0 Å². The third kappa shape index (κ3) is 4.49. The Morgan fingerprint density at radius 1 is 1.03 bits per heavy atom. The zero-order valence-electron chi connectivity index (χ0n) is 17.1. The maximum absolute atomic E-state index is 15.4. The van der Waals surface area contributed by atoms with Gasteiger partial charge >= 0.3 is 0 Å². The summed E-state index contributed by atoms with van der Waals surface area (Å²) in [6.45, 7) is 0.888. The maximum atomic E-state index is 15.4. The smallest absolute Gasteiger partial charge is 0.159 e. The lowest BCUT2D eigenvalue weighted by Crippen LogP contribution is -2.22. The van der Waals surface area contributed by atoms with Crippen LogP contribution < -0.4 is 4.90 Å². The van der Waals surface area contributed by atoms with Crippen LogP contribution >= 0.6 is 11.6 Å². The van der Waals surface area contributed by atoms with Crippen LogP contribution in [-0.2, 0) is 0 Å². The first-order valence-corrected chi connectivity index (χ1v) is 10.2. The summed E-state index contributed by atoms with van der Waals surface area (Å²) >= 11 is 6.37. The average molecular weight is 450 g/mol. The molecule has 0 saturated carbocycles. The molecule has 0 atom stereocenters. The van der Waals surface area contributed by atoms with E-state index < -0.39 is 11.6 Å². The van der Waals surface area contributed by atoms with Crippen molar-refractivity contribution in [3.8, 4) is 11.1 Å². The molecule has 3 aromatic carbocycles. The minimum atomic E-state index is -0.692. The van der Waals surface area contributed by atoms with E-state index in [1.54, 1.807) is 12.1 Å². The predicted molar refractivity (Wildman–Crippen MR) is 124 cm³/mol. The van der Waals surface area contributed by atoms with Gasteiger partial charge in [-0.25, -0.2) is 23.7 Å². The van der Waals surface area contributed by atoms with Crippen molar-refractivity contribution in [3.05, 3.63) is 83.6 Å². The topological polar surface area (TPSA) is 53.7 Å². The molecule has 0 aliphatic rings. The second-order valence-electron chi connectivity index (χ2n) is 6.97. The molecule has 0 amide bonds. The van der Waals surface area contributed by atoms with E-state index in [2.05, 4.69) is 26.0 Å². The summed E-state index contributed by atoms with van der Waals surface area (Å²) in [5.41, 5.74) is 0.893. The summed E-state index contributed by atoms with van der Waals surface area (Å²) in [6, 6.07) is 19.5. The molecule has 32 heavy (non-hydrogen) atoms. The number of benzene rings is 3. The molecule has 0 unspecified atom stereocenters. The Balaban J connectivity index is 1.61. The second-order valence-corrected chi connectivity index (χ2v) is 7.38. The quantitative estimate of drug-likeness (QED) is 0.331. The third-order valence-corrected chi connectivity index (χ3v) is 5.16. The van der Waals surface area contributed by atoms with E-state index in [0.29, 0.717) is 24.3 Å². The van der Waals surface area contributed by atoms with Gasteiger partial charge in [-0.2, -0.15) is 4.99 Å². The number of fused-ring (bicyclic) bond motifs is 1. The SMILES string of the molecule is CN(CCN=C=Nc1ccccc1)c1ncnc2c(F)c(-c3ccccc3F)c(Cl)cc12. The van der Waals surface area contributed by atoms with Crippen LogP contribution in [0.15, 0.2) is 77.0 Å². The normalized spacial score (nSPS) is 10.6. The summed E-state index contributed by atoms with van der Waals surface area (Å²) in [5, 5.41) is 0.511. The first-order chi connectivity index (χ1) is 15.6. The average Bonchev–Trinajstić information content (AvgIpc) is 2.80. The lowest BCUT2D eigenvalue weighted by atomic mass is 10.0. The number of para-hydroxylation sites is 1. The van der Waals surface area contributed by atoms with Crippen molar-refractivity contribution in [1.82, 2.24) is 9.97 Å². The molecule has 0 fully saturated rings. The first-order valence-electron chi connectivity index (χ1n) is 9.82. The zero-order chi connectivity index (χ0) is 22.5. The molecule has 0 N–H and O–H groups in total. The number of halogens is 3. The summed E-state index contributed by atoms with van der Waals surface area (Å²) < 4.78 is 29.6. The maximum Gasteiger partial charge on any atom is 0.159 e. The molecule has 0 saturated heterocycles. The molecule has 1 heterocycles. The Morgan fingerprint density at radius 2 is 1.78 bits per heavy atom. The zero-order valence-corrected chi connectivity index (χ0v) is 17.9. The Morgan fingerprint density at radius 3 is 2.56 bits per heavy atom. The van der Waals surface area contributed by atoms with Gasteiger partial charge < -0.3 is 4.90 Å². The standard InChI is InChI=1S/C24H18ClF2N5/c1-32(12-11-28-14-29-16-7-3-2-4-8-16)24-18-13-19(25)21(17-9-5-6-10-20(17)26)22(27)23(18)30-15-31-24/h2-10,13,15H,11-12H2,1H3. The predicted octanol–water partition coefficient (Wildman–Crippen LogP) is 6.17. The van der Waals surface area contributed by atoms with Crippen LogP contribution in [0.3, 0.4) is 0 Å². The van der Waals surface area contributed by atoms with Crippen molar-refractivity contribution in [2.24, 2.45) is 9.98 Å². The van der Waals surface area contributed by atoms with Crippen LogP contribution in [0.5, 0.6) is 0 Å². The molecule has 4 aromatic rings. The van der Waals surface area contributed by atoms with Gasteiger partial charge in [0.15, 0.2) is 5.82 Å². The van der Waals surface area contributed by atoms with Gasteiger partial charge in [0.25, 0.3) is 0 Å². The molecule has 0 spiro atoms. The van der Waals surface area contributed by atoms with Gasteiger partial charge in [-0.3, -0.25) is 0 Å². The fraction of sp³-hybridized carbons (Fsp3) is 0.125. The van der Waals surface area contributed by atoms with Gasteiger partial charge in [0.2, 0.25) is 0 Å². The number of hydrogen-bond acceptors (Lipinski definition) is 5. The number of likely N-dealkylation sites (N-methyl/N-ethyl adjacent to an activating group) is 1. The molecular formula is C24H18ClF2N5. The summed E-state index contributed by atoms with van der Waals surface area (Å²) in [6.07, 6.45) is 1.27. The lowest BCUT2D eigenvalue weighted by molar-refractivity contribution is 0.620. The van der Waals surface area contributed by atoms with E-state index in [1.807, 2.05) is 42.3 Å². The largest absolute Gasteiger partial charge is 0.357 e. The van der Waals surface area contributed by atoms with Crippen molar-refractivity contribution in [2.45, 2.75) is 0 Å². The van der Waals surface area contributed by atoms with E-state index in [-0.39, 0.29) is 21.7 Å². The number of nitrogens with zero attached hydrogens (tertiary/aromatic N) is 5. The lowest BCUT2D eigenvalue weighted by Gasteiger charge is -2.19. The number of anilines is 1. The first kappa shape index (κ1) is 21.6. The minimum Gasteiger partial charge on any atom is -0.357 e. The van der Waals surface area contributed by atoms with Gasteiger partial charge in [0.1, 0.15) is 23.5 Å². The molecule has 0 bridgehead atoms. The molecule has 8 heteroatoms. The summed E-state index contributed by atoms with van der Waals surface area (Å²) in [7, 11) is 1.81. The van der Waals surface area contributed by atoms with E-state index >= 15 is 4.39 Å². The number of aromatic nitrogens is 2. The molecule has 0 radical (unpaired) electrons. The molecule has 0 aliphatic heterocycles. The molecule has 1 aromatic heterocycles. The van der Waals surface area contributed by atoms with Gasteiger partial charge in [0, 0.05) is 30.1 Å². The Bertz CT molecular complexity index is 1320. The highest BCUT2D eigenvalue weighted by atomic mass is 35.5. The highest BCUT2D eigenvalue weighted by Crippen LogP contribution is 2.38. The van der Waals surface area contributed by atoms with Crippen LogP contribution in [0, 0.1) is 11.6 Å². The van der Waals surface area contributed by atoms with Crippen LogP contribution in [0.1, 0.15) is 0 Å². The number of rotatable bonds is 6. The fourth-order valence-electron chi connectivity index (χ4n) is 3.28. The number of hydrogen-bond donors (Lipinski definition) is 0. The van der Waals surface area contributed by atoms with E-state index in [1.165, 1.54) is 24.5 Å². The van der Waals surface area contributed by atoms with Crippen LogP contribution in [0.4, 0.5) is 20.3 Å².